The van der Waals surface area contributed by atoms with Gasteiger partial charge in [-0.2, -0.15) is 0 Å². The molecular formula is C35H35N. The Balaban J connectivity index is 1.36. The van der Waals surface area contributed by atoms with Crippen molar-refractivity contribution in [2.24, 2.45) is 0 Å². The quantitative estimate of drug-likeness (QED) is 0.289. The SMILES string of the molecule is CC(C)N(c1ccc2c(c1)C(C)(C)c1ccccc1-2)c1ccc2c(c1)C1(CCCC1)c1ccccc1-2. The fraction of sp³-hybridized carbons (Fsp3) is 0.314. The third-order valence-corrected chi connectivity index (χ3v) is 9.35. The molecule has 1 spiro atoms. The molecule has 180 valence electrons. The summed E-state index contributed by atoms with van der Waals surface area (Å²) in [7, 11) is 0. The Morgan fingerprint density at radius 1 is 0.583 bits per heavy atom. The minimum Gasteiger partial charge on any atom is -0.339 e. The molecule has 7 rings (SSSR count). The molecule has 36 heavy (non-hydrogen) atoms. The second-order valence-electron chi connectivity index (χ2n) is 11.9. The largest absolute Gasteiger partial charge is 0.339 e. The van der Waals surface area contributed by atoms with Crippen LogP contribution in [0.25, 0.3) is 22.3 Å². The maximum atomic E-state index is 2.55. The molecule has 0 aromatic heterocycles. The van der Waals surface area contributed by atoms with E-state index >= 15 is 0 Å². The number of fused-ring (bicyclic) bond motifs is 8. The highest BCUT2D eigenvalue weighted by atomic mass is 15.2. The van der Waals surface area contributed by atoms with Gasteiger partial charge in [0.05, 0.1) is 0 Å². The van der Waals surface area contributed by atoms with Crippen LogP contribution in [-0.2, 0) is 10.8 Å². The molecule has 1 heteroatoms. The zero-order valence-corrected chi connectivity index (χ0v) is 21.9. The molecule has 0 amide bonds. The van der Waals surface area contributed by atoms with Gasteiger partial charge in [-0.25, -0.2) is 0 Å². The van der Waals surface area contributed by atoms with Crippen LogP contribution >= 0.6 is 0 Å². The fourth-order valence-corrected chi connectivity index (χ4v) is 7.70. The topological polar surface area (TPSA) is 3.24 Å². The predicted molar refractivity (Wildman–Crippen MR) is 152 cm³/mol. The van der Waals surface area contributed by atoms with E-state index in [1.165, 1.54) is 70.4 Å². The van der Waals surface area contributed by atoms with Crippen LogP contribution in [0.3, 0.4) is 0 Å². The van der Waals surface area contributed by atoms with Gasteiger partial charge < -0.3 is 4.90 Å². The van der Waals surface area contributed by atoms with E-state index in [1.807, 2.05) is 0 Å². The summed E-state index contributed by atoms with van der Waals surface area (Å²) in [4.78, 5) is 2.55. The molecule has 0 bridgehead atoms. The minimum absolute atomic E-state index is 0.0120. The monoisotopic (exact) mass is 469 g/mol. The number of hydrogen-bond donors (Lipinski definition) is 0. The van der Waals surface area contributed by atoms with E-state index < -0.39 is 0 Å². The zero-order chi connectivity index (χ0) is 24.7. The molecule has 0 aliphatic heterocycles. The van der Waals surface area contributed by atoms with Crippen molar-refractivity contribution >= 4 is 11.4 Å². The molecule has 4 aromatic carbocycles. The van der Waals surface area contributed by atoms with Gasteiger partial charge in [-0.15, -0.1) is 0 Å². The smallest absolute Gasteiger partial charge is 0.0416 e. The molecule has 1 saturated carbocycles. The fourth-order valence-electron chi connectivity index (χ4n) is 7.70. The highest BCUT2D eigenvalue weighted by molar-refractivity contribution is 5.86. The number of hydrogen-bond acceptors (Lipinski definition) is 1. The van der Waals surface area contributed by atoms with Gasteiger partial charge in [0, 0.05) is 28.2 Å². The van der Waals surface area contributed by atoms with E-state index in [1.54, 1.807) is 11.1 Å². The lowest BCUT2D eigenvalue weighted by Gasteiger charge is -2.33. The van der Waals surface area contributed by atoms with Gasteiger partial charge in [0.1, 0.15) is 0 Å². The van der Waals surface area contributed by atoms with E-state index in [9.17, 15) is 0 Å². The first-order valence-corrected chi connectivity index (χ1v) is 13.7. The summed E-state index contributed by atoms with van der Waals surface area (Å²) >= 11 is 0. The number of nitrogens with zero attached hydrogens (tertiary/aromatic N) is 1. The summed E-state index contributed by atoms with van der Waals surface area (Å²) in [6, 6.07) is 32.9. The van der Waals surface area contributed by atoms with Crippen LogP contribution in [0.4, 0.5) is 11.4 Å². The molecule has 0 N–H and O–H groups in total. The zero-order valence-electron chi connectivity index (χ0n) is 21.9. The van der Waals surface area contributed by atoms with Crippen molar-refractivity contribution in [3.8, 4) is 22.3 Å². The Kier molecular flexibility index (Phi) is 4.62. The van der Waals surface area contributed by atoms with Crippen LogP contribution in [0.5, 0.6) is 0 Å². The van der Waals surface area contributed by atoms with E-state index in [0.29, 0.717) is 6.04 Å². The molecule has 0 atom stereocenters. The first-order chi connectivity index (χ1) is 17.4. The average Bonchev–Trinajstić information content (AvgIpc) is 3.54. The molecule has 3 aliphatic carbocycles. The van der Waals surface area contributed by atoms with Crippen LogP contribution < -0.4 is 4.90 Å². The molecule has 0 radical (unpaired) electrons. The van der Waals surface area contributed by atoms with Crippen LogP contribution in [-0.4, -0.2) is 6.04 Å². The standard InChI is InChI=1S/C35H35N/c1-23(2)36(24-15-17-28-26-11-5-7-13-30(26)34(3,4)32(28)21-24)25-16-18-29-27-12-6-8-14-31(27)35(33(29)22-25)19-9-10-20-35/h5-8,11-18,21-23H,9-10,19-20H2,1-4H3. The Morgan fingerprint density at radius 3 is 1.72 bits per heavy atom. The summed E-state index contributed by atoms with van der Waals surface area (Å²) in [6.45, 7) is 9.39. The van der Waals surface area contributed by atoms with E-state index in [-0.39, 0.29) is 10.8 Å². The van der Waals surface area contributed by atoms with Crippen molar-refractivity contribution in [3.05, 3.63) is 107 Å². The molecule has 1 fully saturated rings. The van der Waals surface area contributed by atoms with E-state index in [0.717, 1.165) is 0 Å². The second-order valence-corrected chi connectivity index (χ2v) is 11.9. The molecule has 4 aromatic rings. The van der Waals surface area contributed by atoms with E-state index in [4.69, 9.17) is 0 Å². The lowest BCUT2D eigenvalue weighted by molar-refractivity contribution is 0.550. The van der Waals surface area contributed by atoms with Gasteiger partial charge in [0.25, 0.3) is 0 Å². The third-order valence-electron chi connectivity index (χ3n) is 9.35. The first-order valence-electron chi connectivity index (χ1n) is 13.7. The maximum absolute atomic E-state index is 2.55. The Morgan fingerprint density at radius 2 is 1.08 bits per heavy atom. The third kappa shape index (κ3) is 2.83. The van der Waals surface area contributed by atoms with Gasteiger partial charge in [0.15, 0.2) is 0 Å². The summed E-state index contributed by atoms with van der Waals surface area (Å²) < 4.78 is 0. The molecule has 1 nitrogen and oxygen atoms in total. The van der Waals surface area contributed by atoms with Crippen LogP contribution in [0.15, 0.2) is 84.9 Å². The van der Waals surface area contributed by atoms with Crippen molar-refractivity contribution in [1.29, 1.82) is 0 Å². The molecular weight excluding hydrogens is 434 g/mol. The number of benzene rings is 4. The maximum Gasteiger partial charge on any atom is 0.0416 e. The lowest BCUT2D eigenvalue weighted by atomic mass is 9.76. The predicted octanol–water partition coefficient (Wildman–Crippen LogP) is 9.38. The van der Waals surface area contributed by atoms with Gasteiger partial charge in [-0.3, -0.25) is 0 Å². The Hall–Kier alpha value is -3.32. The van der Waals surface area contributed by atoms with Crippen molar-refractivity contribution in [2.45, 2.75) is 70.3 Å². The average molecular weight is 470 g/mol. The number of rotatable bonds is 3. The minimum atomic E-state index is 0.0120. The second kappa shape index (κ2) is 7.59. The molecule has 3 aliphatic rings. The van der Waals surface area contributed by atoms with Crippen LogP contribution in [0, 0.1) is 0 Å². The first kappa shape index (κ1) is 21.9. The summed E-state index contributed by atoms with van der Waals surface area (Å²) in [5, 5.41) is 0. The summed E-state index contributed by atoms with van der Waals surface area (Å²) in [5.41, 5.74) is 14.5. The van der Waals surface area contributed by atoms with Crippen LogP contribution in [0.1, 0.15) is 75.6 Å². The van der Waals surface area contributed by atoms with Gasteiger partial charge >= 0.3 is 0 Å². The normalized spacial score (nSPS) is 17.7. The highest BCUT2D eigenvalue weighted by Gasteiger charge is 2.45. The van der Waals surface area contributed by atoms with Crippen molar-refractivity contribution in [2.75, 3.05) is 4.90 Å². The lowest BCUT2D eigenvalue weighted by Crippen LogP contribution is -2.27. The molecule has 0 saturated heterocycles. The van der Waals surface area contributed by atoms with Crippen molar-refractivity contribution < 1.29 is 0 Å². The molecule has 0 unspecified atom stereocenters. The van der Waals surface area contributed by atoms with Gasteiger partial charge in [-0.05, 0) is 95.5 Å². The Bertz CT molecular complexity index is 1500. The highest BCUT2D eigenvalue weighted by Crippen LogP contribution is 2.57. The van der Waals surface area contributed by atoms with Gasteiger partial charge in [0.2, 0.25) is 0 Å². The summed E-state index contributed by atoms with van der Waals surface area (Å²) in [5.74, 6) is 0. The van der Waals surface area contributed by atoms with Crippen LogP contribution in [0.2, 0.25) is 0 Å². The van der Waals surface area contributed by atoms with Gasteiger partial charge in [-0.1, -0.05) is 87.4 Å². The molecule has 0 heterocycles. The van der Waals surface area contributed by atoms with Crippen molar-refractivity contribution in [3.63, 3.8) is 0 Å². The summed E-state index contributed by atoms with van der Waals surface area (Å²) in [6.07, 6.45) is 5.19. The Labute approximate surface area is 215 Å². The van der Waals surface area contributed by atoms with Crippen molar-refractivity contribution in [1.82, 2.24) is 0 Å². The van der Waals surface area contributed by atoms with E-state index in [2.05, 4.69) is 118 Å². The number of anilines is 2.